The minimum absolute atomic E-state index is 0.107. The average Bonchev–Trinajstić information content (AvgIpc) is 2.42. The summed E-state index contributed by atoms with van der Waals surface area (Å²) >= 11 is 0. The van der Waals surface area contributed by atoms with E-state index in [0.29, 0.717) is 6.54 Å². The molecule has 0 saturated carbocycles. The summed E-state index contributed by atoms with van der Waals surface area (Å²) in [6.45, 7) is 4.55. The highest BCUT2D eigenvalue weighted by molar-refractivity contribution is 5.92. The molecule has 1 aliphatic rings. The van der Waals surface area contributed by atoms with Crippen LogP contribution in [0.3, 0.4) is 0 Å². The number of aryl methyl sites for hydroxylation is 1. The lowest BCUT2D eigenvalue weighted by molar-refractivity contribution is -0.121. The van der Waals surface area contributed by atoms with Crippen LogP contribution in [-0.4, -0.2) is 30.4 Å². The predicted octanol–water partition coefficient (Wildman–Crippen LogP) is 2.28. The molecule has 0 spiro atoms. The van der Waals surface area contributed by atoms with Gasteiger partial charge in [-0.15, -0.1) is 6.42 Å². The quantitative estimate of drug-likeness (QED) is 0.841. The molecular weight excluding hydrogens is 236 g/mol. The number of carbonyl (C=O) groups is 1. The molecule has 1 amide bonds. The van der Waals surface area contributed by atoms with Gasteiger partial charge in [-0.1, -0.05) is 23.6 Å². The molecule has 19 heavy (non-hydrogen) atoms. The van der Waals surface area contributed by atoms with Gasteiger partial charge in [0, 0.05) is 11.6 Å². The van der Waals surface area contributed by atoms with Crippen molar-refractivity contribution in [2.75, 3.05) is 25.0 Å². The summed E-state index contributed by atoms with van der Waals surface area (Å²) < 4.78 is 0. The summed E-state index contributed by atoms with van der Waals surface area (Å²) in [6, 6.07) is 7.90. The van der Waals surface area contributed by atoms with Gasteiger partial charge in [-0.2, -0.15) is 0 Å². The van der Waals surface area contributed by atoms with Crippen LogP contribution in [0.2, 0.25) is 0 Å². The number of nitrogens with one attached hydrogen (secondary N) is 1. The highest BCUT2D eigenvalue weighted by Gasteiger charge is 2.24. The van der Waals surface area contributed by atoms with E-state index in [1.165, 1.54) is 5.56 Å². The van der Waals surface area contributed by atoms with Gasteiger partial charge in [0.1, 0.15) is 0 Å². The van der Waals surface area contributed by atoms with E-state index in [2.05, 4.69) is 16.1 Å². The van der Waals surface area contributed by atoms with Gasteiger partial charge in [0.25, 0.3) is 0 Å². The Morgan fingerprint density at radius 2 is 2.00 bits per heavy atom. The first kappa shape index (κ1) is 13.6. The molecule has 1 aromatic rings. The molecule has 0 radical (unpaired) electrons. The van der Waals surface area contributed by atoms with Crippen LogP contribution in [0.15, 0.2) is 24.3 Å². The van der Waals surface area contributed by atoms with Gasteiger partial charge in [-0.25, -0.2) is 0 Å². The molecule has 3 heteroatoms. The minimum Gasteiger partial charge on any atom is -0.326 e. The van der Waals surface area contributed by atoms with Gasteiger partial charge in [0.05, 0.1) is 6.54 Å². The molecule has 0 unspecified atom stereocenters. The molecule has 0 bridgehead atoms. The van der Waals surface area contributed by atoms with Gasteiger partial charge in [-0.3, -0.25) is 9.69 Å². The van der Waals surface area contributed by atoms with E-state index in [1.807, 2.05) is 31.2 Å². The first-order valence-electron chi connectivity index (χ1n) is 6.72. The van der Waals surface area contributed by atoms with Crippen molar-refractivity contribution in [2.24, 2.45) is 5.92 Å². The second kappa shape index (κ2) is 6.40. The van der Waals surface area contributed by atoms with Crippen LogP contribution < -0.4 is 5.32 Å². The minimum atomic E-state index is 0.107. The van der Waals surface area contributed by atoms with Crippen LogP contribution in [0.1, 0.15) is 18.4 Å². The molecule has 3 nitrogen and oxygen atoms in total. The molecule has 1 aromatic carbocycles. The van der Waals surface area contributed by atoms with Gasteiger partial charge >= 0.3 is 0 Å². The van der Waals surface area contributed by atoms with Crippen LogP contribution >= 0.6 is 0 Å². The van der Waals surface area contributed by atoms with Crippen LogP contribution in [0, 0.1) is 25.2 Å². The van der Waals surface area contributed by atoms with Crippen molar-refractivity contribution in [2.45, 2.75) is 19.8 Å². The molecule has 0 aromatic heterocycles. The molecule has 1 N–H and O–H groups in total. The Balaban J connectivity index is 1.85. The van der Waals surface area contributed by atoms with Crippen molar-refractivity contribution in [3.8, 4) is 12.3 Å². The summed E-state index contributed by atoms with van der Waals surface area (Å²) in [5.74, 6) is 2.89. The van der Waals surface area contributed by atoms with Crippen molar-refractivity contribution in [3.05, 3.63) is 29.8 Å². The Bertz CT molecular complexity index is 465. The zero-order chi connectivity index (χ0) is 13.7. The normalized spacial score (nSPS) is 16.8. The second-order valence-electron chi connectivity index (χ2n) is 5.11. The van der Waals surface area contributed by atoms with Crippen molar-refractivity contribution in [1.82, 2.24) is 4.90 Å². The molecule has 0 aliphatic carbocycles. The summed E-state index contributed by atoms with van der Waals surface area (Å²) in [4.78, 5) is 14.4. The zero-order valence-corrected chi connectivity index (χ0v) is 11.4. The third-order valence-corrected chi connectivity index (χ3v) is 3.59. The Labute approximate surface area is 115 Å². The largest absolute Gasteiger partial charge is 0.326 e. The lowest BCUT2D eigenvalue weighted by Crippen LogP contribution is -2.38. The highest BCUT2D eigenvalue weighted by Crippen LogP contribution is 2.19. The lowest BCUT2D eigenvalue weighted by atomic mass is 9.96. The maximum atomic E-state index is 12.1. The number of piperidine rings is 1. The van der Waals surface area contributed by atoms with Crippen LogP contribution in [0.4, 0.5) is 5.69 Å². The van der Waals surface area contributed by atoms with E-state index in [0.717, 1.165) is 31.6 Å². The Morgan fingerprint density at radius 3 is 2.58 bits per heavy atom. The molecule has 1 fully saturated rings. The molecule has 1 aliphatic heterocycles. The van der Waals surface area contributed by atoms with Gasteiger partial charge in [-0.05, 0) is 45.0 Å². The predicted molar refractivity (Wildman–Crippen MR) is 77.8 cm³/mol. The molecule has 1 heterocycles. The molecule has 2 rings (SSSR count). The van der Waals surface area contributed by atoms with Crippen molar-refractivity contribution < 1.29 is 4.79 Å². The number of carbonyl (C=O) groups excluding carboxylic acids is 1. The first-order chi connectivity index (χ1) is 9.19. The second-order valence-corrected chi connectivity index (χ2v) is 5.11. The third kappa shape index (κ3) is 3.84. The van der Waals surface area contributed by atoms with Gasteiger partial charge in [0.15, 0.2) is 0 Å². The zero-order valence-electron chi connectivity index (χ0n) is 11.4. The monoisotopic (exact) mass is 256 g/mol. The maximum absolute atomic E-state index is 12.1. The summed E-state index contributed by atoms with van der Waals surface area (Å²) in [5, 5.41) is 2.99. The summed E-state index contributed by atoms with van der Waals surface area (Å²) in [5.41, 5.74) is 2.07. The third-order valence-electron chi connectivity index (χ3n) is 3.59. The maximum Gasteiger partial charge on any atom is 0.227 e. The lowest BCUT2D eigenvalue weighted by Gasteiger charge is -2.29. The summed E-state index contributed by atoms with van der Waals surface area (Å²) in [6.07, 6.45) is 7.07. The molecule has 1 saturated heterocycles. The van der Waals surface area contributed by atoms with Crippen LogP contribution in [0.5, 0.6) is 0 Å². The Kier molecular flexibility index (Phi) is 4.59. The van der Waals surface area contributed by atoms with Crippen LogP contribution in [-0.2, 0) is 4.79 Å². The van der Waals surface area contributed by atoms with Crippen LogP contribution in [0.25, 0.3) is 0 Å². The number of rotatable bonds is 3. The number of anilines is 1. The SMILES string of the molecule is C#CCN1CCC(C(=O)Nc2ccc(C)cc2)CC1. The number of hydrogen-bond donors (Lipinski definition) is 1. The van der Waals surface area contributed by atoms with E-state index < -0.39 is 0 Å². The average molecular weight is 256 g/mol. The van der Waals surface area contributed by atoms with Crippen molar-refractivity contribution in [1.29, 1.82) is 0 Å². The Hall–Kier alpha value is -1.79. The van der Waals surface area contributed by atoms with E-state index >= 15 is 0 Å². The fourth-order valence-corrected chi connectivity index (χ4v) is 2.36. The number of benzene rings is 1. The first-order valence-corrected chi connectivity index (χ1v) is 6.72. The van der Waals surface area contributed by atoms with Crippen molar-refractivity contribution >= 4 is 11.6 Å². The number of amides is 1. The standard InChI is InChI=1S/C16H20N2O/c1-3-10-18-11-8-14(9-12-18)16(19)17-15-6-4-13(2)5-7-15/h1,4-7,14H,8-12H2,2H3,(H,17,19). The number of hydrogen-bond acceptors (Lipinski definition) is 2. The Morgan fingerprint density at radius 1 is 1.37 bits per heavy atom. The molecular formula is C16H20N2O. The molecule has 100 valence electrons. The smallest absolute Gasteiger partial charge is 0.227 e. The summed E-state index contributed by atoms with van der Waals surface area (Å²) in [7, 11) is 0. The molecule has 0 atom stereocenters. The van der Waals surface area contributed by atoms with E-state index in [4.69, 9.17) is 6.42 Å². The topological polar surface area (TPSA) is 32.3 Å². The van der Waals surface area contributed by atoms with Crippen molar-refractivity contribution in [3.63, 3.8) is 0 Å². The fraction of sp³-hybridized carbons (Fsp3) is 0.438. The van der Waals surface area contributed by atoms with E-state index in [-0.39, 0.29) is 11.8 Å². The number of terminal acetylenes is 1. The number of likely N-dealkylation sites (tertiary alicyclic amines) is 1. The van der Waals surface area contributed by atoms with Gasteiger partial charge in [0.2, 0.25) is 5.91 Å². The number of nitrogens with zero attached hydrogens (tertiary/aromatic N) is 1. The highest BCUT2D eigenvalue weighted by atomic mass is 16.1. The van der Waals surface area contributed by atoms with E-state index in [1.54, 1.807) is 0 Å². The van der Waals surface area contributed by atoms with Gasteiger partial charge < -0.3 is 5.32 Å². The fourth-order valence-electron chi connectivity index (χ4n) is 2.36. The van der Waals surface area contributed by atoms with E-state index in [9.17, 15) is 4.79 Å².